The molecule has 3 rings (SSSR count). The quantitative estimate of drug-likeness (QED) is 0.582. The molecule has 0 fully saturated rings. The predicted molar refractivity (Wildman–Crippen MR) is 100 cm³/mol. The van der Waals surface area contributed by atoms with E-state index in [2.05, 4.69) is 4.74 Å². The van der Waals surface area contributed by atoms with Crippen LogP contribution in [0, 0.1) is 11.3 Å². The van der Waals surface area contributed by atoms with Crippen LogP contribution in [0.15, 0.2) is 60.0 Å². The standard InChI is InChI=1S/C20H13F3N2O2S/c1-25(16-6-2-13(11-24)3-7-16)19(26)18-10-15(12-28-18)14-4-8-17(9-5-14)27-20(21,22)23/h2-10,12H,1H3. The summed E-state index contributed by atoms with van der Waals surface area (Å²) in [7, 11) is 1.63. The number of carbonyl (C=O) groups is 1. The first kappa shape index (κ1) is 19.5. The largest absolute Gasteiger partial charge is 0.573 e. The van der Waals surface area contributed by atoms with Gasteiger partial charge in [-0.3, -0.25) is 4.79 Å². The van der Waals surface area contributed by atoms with Gasteiger partial charge in [-0.1, -0.05) is 12.1 Å². The van der Waals surface area contributed by atoms with Gasteiger partial charge in [0.1, 0.15) is 5.75 Å². The Hall–Kier alpha value is -3.31. The van der Waals surface area contributed by atoms with Crippen molar-refractivity contribution >= 4 is 22.9 Å². The fourth-order valence-corrected chi connectivity index (χ4v) is 3.38. The summed E-state index contributed by atoms with van der Waals surface area (Å²) in [6, 6.07) is 15.8. The molecule has 3 aromatic rings. The smallest absolute Gasteiger partial charge is 0.406 e. The number of nitrogens with zero attached hydrogens (tertiary/aromatic N) is 2. The summed E-state index contributed by atoms with van der Waals surface area (Å²) in [6.07, 6.45) is -4.74. The molecule has 0 spiro atoms. The fourth-order valence-electron chi connectivity index (χ4n) is 2.49. The maximum Gasteiger partial charge on any atom is 0.573 e. The first-order valence-electron chi connectivity index (χ1n) is 8.00. The molecule has 1 amide bonds. The van der Waals surface area contributed by atoms with Crippen molar-refractivity contribution in [2.45, 2.75) is 6.36 Å². The number of rotatable bonds is 4. The molecule has 0 N–H and O–H groups in total. The van der Waals surface area contributed by atoms with E-state index in [1.54, 1.807) is 42.8 Å². The summed E-state index contributed by atoms with van der Waals surface area (Å²) < 4.78 is 40.6. The van der Waals surface area contributed by atoms with E-state index in [-0.39, 0.29) is 11.7 Å². The van der Waals surface area contributed by atoms with E-state index < -0.39 is 6.36 Å². The molecule has 28 heavy (non-hydrogen) atoms. The minimum absolute atomic E-state index is 0.224. The molecule has 0 aliphatic heterocycles. The lowest BCUT2D eigenvalue weighted by atomic mass is 10.1. The van der Waals surface area contributed by atoms with E-state index >= 15 is 0 Å². The van der Waals surface area contributed by atoms with E-state index in [1.807, 2.05) is 6.07 Å². The second kappa shape index (κ2) is 7.74. The van der Waals surface area contributed by atoms with Gasteiger partial charge in [-0.2, -0.15) is 5.26 Å². The number of thiophene rings is 1. The summed E-state index contributed by atoms with van der Waals surface area (Å²) in [5.74, 6) is -0.527. The maximum atomic E-state index is 12.7. The highest BCUT2D eigenvalue weighted by molar-refractivity contribution is 7.12. The van der Waals surface area contributed by atoms with Crippen molar-refractivity contribution in [2.75, 3.05) is 11.9 Å². The fraction of sp³-hybridized carbons (Fsp3) is 0.100. The first-order valence-corrected chi connectivity index (χ1v) is 8.88. The third-order valence-electron chi connectivity index (χ3n) is 3.92. The summed E-state index contributed by atoms with van der Waals surface area (Å²) in [4.78, 5) is 14.6. The Morgan fingerprint density at radius 2 is 1.71 bits per heavy atom. The minimum atomic E-state index is -4.74. The molecule has 0 atom stereocenters. The van der Waals surface area contributed by atoms with Gasteiger partial charge in [-0.05, 0) is 59.0 Å². The Bertz CT molecular complexity index is 1020. The second-order valence-corrected chi connectivity index (χ2v) is 6.71. The average molecular weight is 402 g/mol. The molecule has 0 unspecified atom stereocenters. The summed E-state index contributed by atoms with van der Waals surface area (Å²) >= 11 is 1.24. The van der Waals surface area contributed by atoms with Crippen molar-refractivity contribution in [1.82, 2.24) is 0 Å². The Balaban J connectivity index is 1.75. The number of anilines is 1. The van der Waals surface area contributed by atoms with Crippen LogP contribution in [0.1, 0.15) is 15.2 Å². The molecule has 142 valence electrons. The highest BCUT2D eigenvalue weighted by atomic mass is 32.1. The number of hydrogen-bond acceptors (Lipinski definition) is 4. The van der Waals surface area contributed by atoms with Crippen LogP contribution in [0.3, 0.4) is 0 Å². The van der Waals surface area contributed by atoms with Crippen LogP contribution >= 0.6 is 11.3 Å². The van der Waals surface area contributed by atoms with Crippen molar-refractivity contribution < 1.29 is 22.7 Å². The highest BCUT2D eigenvalue weighted by Gasteiger charge is 2.31. The molecular weight excluding hydrogens is 389 g/mol. The summed E-state index contributed by atoms with van der Waals surface area (Å²) in [6.45, 7) is 0. The van der Waals surface area contributed by atoms with Crippen molar-refractivity contribution in [2.24, 2.45) is 0 Å². The van der Waals surface area contributed by atoms with Gasteiger partial charge in [-0.25, -0.2) is 0 Å². The van der Waals surface area contributed by atoms with Gasteiger partial charge in [0.2, 0.25) is 0 Å². The highest BCUT2D eigenvalue weighted by Crippen LogP contribution is 2.30. The minimum Gasteiger partial charge on any atom is -0.406 e. The lowest BCUT2D eigenvalue weighted by molar-refractivity contribution is -0.274. The third kappa shape index (κ3) is 4.50. The SMILES string of the molecule is CN(C(=O)c1cc(-c2ccc(OC(F)(F)F)cc2)cs1)c1ccc(C#N)cc1. The van der Waals surface area contributed by atoms with Crippen molar-refractivity contribution in [3.8, 4) is 22.9 Å². The average Bonchev–Trinajstić information content (AvgIpc) is 3.16. The van der Waals surface area contributed by atoms with Crippen LogP contribution in [0.4, 0.5) is 18.9 Å². The van der Waals surface area contributed by atoms with Gasteiger partial charge in [0, 0.05) is 12.7 Å². The van der Waals surface area contributed by atoms with E-state index in [0.717, 1.165) is 5.56 Å². The van der Waals surface area contributed by atoms with Gasteiger partial charge in [0.15, 0.2) is 0 Å². The van der Waals surface area contributed by atoms with Crippen molar-refractivity contribution in [1.29, 1.82) is 5.26 Å². The van der Waals surface area contributed by atoms with Gasteiger partial charge in [0.05, 0.1) is 16.5 Å². The zero-order chi connectivity index (χ0) is 20.3. The van der Waals surface area contributed by atoms with Crippen LogP contribution in [0.25, 0.3) is 11.1 Å². The van der Waals surface area contributed by atoms with Crippen LogP contribution < -0.4 is 9.64 Å². The van der Waals surface area contributed by atoms with Crippen molar-refractivity contribution in [3.63, 3.8) is 0 Å². The lowest BCUT2D eigenvalue weighted by Crippen LogP contribution is -2.25. The molecule has 0 aliphatic rings. The molecule has 0 aliphatic carbocycles. The zero-order valence-electron chi connectivity index (χ0n) is 14.5. The van der Waals surface area contributed by atoms with Crippen LogP contribution in [0.5, 0.6) is 5.75 Å². The van der Waals surface area contributed by atoms with Crippen LogP contribution in [-0.4, -0.2) is 19.3 Å². The van der Waals surface area contributed by atoms with Crippen LogP contribution in [-0.2, 0) is 0 Å². The zero-order valence-corrected chi connectivity index (χ0v) is 15.3. The Morgan fingerprint density at radius 1 is 1.07 bits per heavy atom. The van der Waals surface area contributed by atoms with E-state index in [1.165, 1.54) is 40.5 Å². The van der Waals surface area contributed by atoms with Crippen molar-refractivity contribution in [3.05, 3.63) is 70.4 Å². The second-order valence-electron chi connectivity index (χ2n) is 5.79. The number of halogens is 3. The molecule has 1 heterocycles. The number of nitriles is 1. The van der Waals surface area contributed by atoms with Gasteiger partial charge in [0.25, 0.3) is 5.91 Å². The normalized spacial score (nSPS) is 11.0. The van der Waals surface area contributed by atoms with E-state index in [4.69, 9.17) is 5.26 Å². The molecule has 0 saturated heterocycles. The topological polar surface area (TPSA) is 53.3 Å². The molecule has 8 heteroatoms. The number of ether oxygens (including phenoxy) is 1. The molecular formula is C20H13F3N2O2S. The Kier molecular flexibility index (Phi) is 5.38. The van der Waals surface area contributed by atoms with E-state index in [9.17, 15) is 18.0 Å². The maximum absolute atomic E-state index is 12.7. The summed E-state index contributed by atoms with van der Waals surface area (Å²) in [5.41, 5.74) is 2.54. The monoisotopic (exact) mass is 402 g/mol. The predicted octanol–water partition coefficient (Wildman–Crippen LogP) is 5.46. The lowest BCUT2D eigenvalue weighted by Gasteiger charge is -2.16. The Morgan fingerprint density at radius 3 is 2.29 bits per heavy atom. The van der Waals surface area contributed by atoms with Gasteiger partial charge in [-0.15, -0.1) is 24.5 Å². The Labute approximate surface area is 163 Å². The number of amides is 1. The number of alkyl halides is 3. The number of hydrogen-bond donors (Lipinski definition) is 0. The number of carbonyl (C=O) groups excluding carboxylic acids is 1. The van der Waals surface area contributed by atoms with Gasteiger partial charge >= 0.3 is 6.36 Å². The molecule has 0 saturated carbocycles. The first-order chi connectivity index (χ1) is 13.3. The molecule has 4 nitrogen and oxygen atoms in total. The number of benzene rings is 2. The molecule has 0 radical (unpaired) electrons. The summed E-state index contributed by atoms with van der Waals surface area (Å²) in [5, 5.41) is 10.6. The molecule has 0 bridgehead atoms. The van der Waals surface area contributed by atoms with Crippen LogP contribution in [0.2, 0.25) is 0 Å². The van der Waals surface area contributed by atoms with Gasteiger partial charge < -0.3 is 9.64 Å². The third-order valence-corrected chi connectivity index (χ3v) is 4.84. The molecule has 2 aromatic carbocycles. The molecule has 1 aromatic heterocycles. The van der Waals surface area contributed by atoms with E-state index in [0.29, 0.717) is 21.7 Å².